The Balaban J connectivity index is 3.99. The third-order valence-electron chi connectivity index (χ3n) is 7.71. The van der Waals surface area contributed by atoms with E-state index in [1.165, 1.54) is 166 Å². The normalized spacial score (nSPS) is 12.0. The predicted molar refractivity (Wildman–Crippen MR) is 163 cm³/mol. The molecule has 0 bridgehead atoms. The summed E-state index contributed by atoms with van der Waals surface area (Å²) >= 11 is 4.53. The first-order valence-corrected chi connectivity index (χ1v) is 19.2. The highest BCUT2D eigenvalue weighted by Gasteiger charge is 2.32. The lowest BCUT2D eigenvalue weighted by Crippen LogP contribution is -2.38. The Labute approximate surface area is 223 Å². The van der Waals surface area contributed by atoms with Crippen LogP contribution in [0.1, 0.15) is 168 Å². The van der Waals surface area contributed by atoms with Gasteiger partial charge in [0.2, 0.25) is 0 Å². The second-order valence-corrected chi connectivity index (χ2v) is 15.6. The monoisotopic (exact) mass is 514 g/mol. The van der Waals surface area contributed by atoms with Crippen molar-refractivity contribution in [1.82, 2.24) is 0 Å². The van der Waals surface area contributed by atoms with Crippen LogP contribution in [-0.4, -0.2) is 20.7 Å². The van der Waals surface area contributed by atoms with E-state index in [0.29, 0.717) is 0 Å². The molecular formula is C31H66OSSi. The van der Waals surface area contributed by atoms with Gasteiger partial charge >= 0.3 is 0 Å². The van der Waals surface area contributed by atoms with E-state index in [2.05, 4.69) is 33.4 Å². The van der Waals surface area contributed by atoms with Gasteiger partial charge in [0.05, 0.1) is 0 Å². The summed E-state index contributed by atoms with van der Waals surface area (Å²) in [6.45, 7) is 7.76. The van der Waals surface area contributed by atoms with Crippen LogP contribution in [0.5, 0.6) is 0 Å². The van der Waals surface area contributed by atoms with E-state index in [0.717, 1.165) is 12.4 Å². The predicted octanol–water partition coefficient (Wildman–Crippen LogP) is 11.9. The van der Waals surface area contributed by atoms with Crippen molar-refractivity contribution < 1.29 is 4.43 Å². The standard InChI is InChI=1S/C31H66OSSi/c1-4-7-9-11-13-15-17-19-21-23-25-29-34(32-6-3,31-27-28-33)30-26-24-22-20-18-16-14-12-10-8-5-2/h33H,4-31H2,1-3H3. The Morgan fingerprint density at radius 1 is 0.412 bits per heavy atom. The second kappa shape index (κ2) is 28.1. The minimum atomic E-state index is -1.55. The highest BCUT2D eigenvalue weighted by Crippen LogP contribution is 2.30. The quantitative estimate of drug-likeness (QED) is 0.0593. The average Bonchev–Trinajstić information content (AvgIpc) is 2.84. The van der Waals surface area contributed by atoms with Crippen LogP contribution in [0.15, 0.2) is 0 Å². The molecule has 206 valence electrons. The molecule has 1 nitrogen and oxygen atoms in total. The molecule has 0 aromatic rings. The smallest absolute Gasteiger partial charge is 0.192 e. The van der Waals surface area contributed by atoms with Gasteiger partial charge in [0.1, 0.15) is 0 Å². The van der Waals surface area contributed by atoms with Crippen molar-refractivity contribution in [2.45, 2.75) is 187 Å². The third-order valence-corrected chi connectivity index (χ3v) is 12.7. The molecule has 3 heteroatoms. The van der Waals surface area contributed by atoms with E-state index in [9.17, 15) is 0 Å². The molecule has 0 aromatic heterocycles. The molecule has 0 unspecified atom stereocenters. The maximum Gasteiger partial charge on any atom is 0.192 e. The van der Waals surface area contributed by atoms with Gasteiger partial charge in [-0.05, 0) is 37.2 Å². The van der Waals surface area contributed by atoms with Gasteiger partial charge in [-0.2, -0.15) is 12.6 Å². The van der Waals surface area contributed by atoms with Crippen molar-refractivity contribution in [3.8, 4) is 0 Å². The average molecular weight is 515 g/mol. The van der Waals surface area contributed by atoms with Crippen LogP contribution in [0, 0.1) is 0 Å². The third kappa shape index (κ3) is 23.0. The van der Waals surface area contributed by atoms with Crippen LogP contribution in [0.4, 0.5) is 0 Å². The zero-order chi connectivity index (χ0) is 25.0. The molecule has 0 saturated heterocycles. The molecule has 0 spiro atoms. The summed E-state index contributed by atoms with van der Waals surface area (Å²) in [6, 6.07) is 4.16. The van der Waals surface area contributed by atoms with Gasteiger partial charge in [-0.15, -0.1) is 0 Å². The first kappa shape index (κ1) is 34.5. The van der Waals surface area contributed by atoms with Gasteiger partial charge in [0.25, 0.3) is 0 Å². The minimum Gasteiger partial charge on any atom is -0.417 e. The summed E-state index contributed by atoms with van der Waals surface area (Å²) < 4.78 is 6.62. The maximum absolute atomic E-state index is 6.62. The van der Waals surface area contributed by atoms with Crippen LogP contribution in [0.25, 0.3) is 0 Å². The van der Waals surface area contributed by atoms with Crippen molar-refractivity contribution >= 4 is 20.9 Å². The number of rotatable bonds is 29. The lowest BCUT2D eigenvalue weighted by atomic mass is 10.1. The van der Waals surface area contributed by atoms with Crippen LogP contribution >= 0.6 is 12.6 Å². The zero-order valence-corrected chi connectivity index (χ0v) is 26.0. The van der Waals surface area contributed by atoms with Crippen molar-refractivity contribution in [3.05, 3.63) is 0 Å². The van der Waals surface area contributed by atoms with Crippen LogP contribution in [-0.2, 0) is 4.43 Å². The van der Waals surface area contributed by atoms with Crippen molar-refractivity contribution in [1.29, 1.82) is 0 Å². The van der Waals surface area contributed by atoms with Crippen LogP contribution in [0.2, 0.25) is 18.1 Å². The highest BCUT2D eigenvalue weighted by molar-refractivity contribution is 7.80. The van der Waals surface area contributed by atoms with Gasteiger partial charge in [0, 0.05) is 6.61 Å². The summed E-state index contributed by atoms with van der Waals surface area (Å²) in [7, 11) is -1.55. The molecule has 34 heavy (non-hydrogen) atoms. The van der Waals surface area contributed by atoms with Crippen LogP contribution < -0.4 is 0 Å². The number of unbranched alkanes of at least 4 members (excludes halogenated alkanes) is 20. The molecule has 0 aliphatic carbocycles. The molecule has 0 rings (SSSR count). The highest BCUT2D eigenvalue weighted by atomic mass is 32.1. The Morgan fingerprint density at radius 3 is 1.00 bits per heavy atom. The Hall–Kier alpha value is 0.527. The number of hydrogen-bond donors (Lipinski definition) is 1. The molecule has 0 atom stereocenters. The topological polar surface area (TPSA) is 9.23 Å². The summed E-state index contributed by atoms with van der Waals surface area (Å²) in [5.41, 5.74) is 0. The van der Waals surface area contributed by atoms with E-state index in [4.69, 9.17) is 4.43 Å². The van der Waals surface area contributed by atoms with Crippen molar-refractivity contribution in [2.75, 3.05) is 12.4 Å². The first-order valence-electron chi connectivity index (χ1n) is 16.0. The molecule has 0 saturated carbocycles. The van der Waals surface area contributed by atoms with E-state index < -0.39 is 8.32 Å². The lowest BCUT2D eigenvalue weighted by Gasteiger charge is -2.31. The SMILES string of the molecule is CCCCCCCCCCCCC[Si](CCCS)(CCCCCCCCCCCCC)OCC. The zero-order valence-electron chi connectivity index (χ0n) is 24.2. The van der Waals surface area contributed by atoms with E-state index in [-0.39, 0.29) is 0 Å². The summed E-state index contributed by atoms with van der Waals surface area (Å²) in [4.78, 5) is 0. The second-order valence-electron chi connectivity index (χ2n) is 11.0. The van der Waals surface area contributed by atoms with E-state index in [1.807, 2.05) is 0 Å². The van der Waals surface area contributed by atoms with E-state index in [1.54, 1.807) is 0 Å². The van der Waals surface area contributed by atoms with Gasteiger partial charge in [-0.1, -0.05) is 155 Å². The minimum absolute atomic E-state index is 0.925. The number of hydrogen-bond acceptors (Lipinski definition) is 2. The Morgan fingerprint density at radius 2 is 0.706 bits per heavy atom. The molecule has 0 aliphatic rings. The summed E-state index contributed by atoms with van der Waals surface area (Å²) in [6.07, 6.45) is 32.9. The molecule has 0 aromatic carbocycles. The Bertz CT molecular complexity index is 350. The fraction of sp³-hybridized carbons (Fsp3) is 1.00. The molecular weight excluding hydrogens is 448 g/mol. The maximum atomic E-state index is 6.62. The summed E-state index contributed by atoms with van der Waals surface area (Å²) in [5, 5.41) is 0. The number of thiol groups is 1. The molecule has 0 heterocycles. The van der Waals surface area contributed by atoms with Gasteiger partial charge in [-0.3, -0.25) is 0 Å². The van der Waals surface area contributed by atoms with Gasteiger partial charge < -0.3 is 4.43 Å². The Kier molecular flexibility index (Phi) is 28.5. The van der Waals surface area contributed by atoms with Gasteiger partial charge in [-0.25, -0.2) is 0 Å². The van der Waals surface area contributed by atoms with E-state index >= 15 is 0 Å². The molecule has 0 fully saturated rings. The fourth-order valence-corrected chi connectivity index (χ4v) is 10.4. The molecule has 0 aliphatic heterocycles. The largest absolute Gasteiger partial charge is 0.417 e. The first-order chi connectivity index (χ1) is 16.7. The summed E-state index contributed by atoms with van der Waals surface area (Å²) in [5.74, 6) is 1.03. The van der Waals surface area contributed by atoms with Crippen LogP contribution in [0.3, 0.4) is 0 Å². The lowest BCUT2D eigenvalue weighted by molar-refractivity contribution is 0.314. The molecule has 0 N–H and O–H groups in total. The van der Waals surface area contributed by atoms with Crippen molar-refractivity contribution in [3.63, 3.8) is 0 Å². The molecule has 0 radical (unpaired) electrons. The van der Waals surface area contributed by atoms with Crippen molar-refractivity contribution in [2.24, 2.45) is 0 Å². The fourth-order valence-electron chi connectivity index (χ4n) is 5.52. The molecule has 0 amide bonds. The van der Waals surface area contributed by atoms with Gasteiger partial charge in [0.15, 0.2) is 8.32 Å².